The molecule has 3 heterocycles. The lowest BCUT2D eigenvalue weighted by Gasteiger charge is -2.28. The summed E-state index contributed by atoms with van der Waals surface area (Å²) in [5, 5.41) is 13.8. The van der Waals surface area contributed by atoms with Crippen molar-refractivity contribution in [2.24, 2.45) is 0 Å². The molecule has 0 saturated carbocycles. The number of rotatable bonds is 8. The van der Waals surface area contributed by atoms with Gasteiger partial charge >= 0.3 is 6.09 Å². The number of ether oxygens (including phenoxy) is 1. The van der Waals surface area contributed by atoms with Crippen LogP contribution in [0.25, 0.3) is 5.69 Å². The summed E-state index contributed by atoms with van der Waals surface area (Å²) in [4.78, 5) is 16.6. The minimum Gasteiger partial charge on any atom is -0.444 e. The molecule has 1 aliphatic rings. The second-order valence-corrected chi connectivity index (χ2v) is 10.7. The molecule has 0 bridgehead atoms. The molecule has 1 amide bonds. The average Bonchev–Trinajstić information content (AvgIpc) is 3.60. The molecule has 1 aromatic carbocycles. The highest BCUT2D eigenvalue weighted by molar-refractivity contribution is 5.68. The van der Waals surface area contributed by atoms with E-state index in [2.05, 4.69) is 44.8 Å². The van der Waals surface area contributed by atoms with Gasteiger partial charge in [0.05, 0.1) is 17.9 Å². The van der Waals surface area contributed by atoms with E-state index in [1.54, 1.807) is 4.90 Å². The van der Waals surface area contributed by atoms with E-state index >= 15 is 0 Å². The van der Waals surface area contributed by atoms with Gasteiger partial charge in [-0.1, -0.05) is 32.0 Å². The molecule has 1 fully saturated rings. The fourth-order valence-corrected chi connectivity index (χ4v) is 4.48. The molecular formula is C27H39N7O2. The molecular weight excluding hydrogens is 454 g/mol. The molecule has 0 spiro atoms. The molecule has 2 unspecified atom stereocenters. The van der Waals surface area contributed by atoms with Gasteiger partial charge in [0, 0.05) is 38.8 Å². The predicted octanol–water partition coefficient (Wildman–Crippen LogP) is 4.67. The third-order valence-electron chi connectivity index (χ3n) is 6.77. The number of hydrogen-bond donors (Lipinski definition) is 0. The molecule has 2 atom stereocenters. The van der Waals surface area contributed by atoms with Crippen LogP contribution in [0.4, 0.5) is 10.7 Å². The zero-order valence-corrected chi connectivity index (χ0v) is 22.4. The van der Waals surface area contributed by atoms with Gasteiger partial charge in [-0.15, -0.1) is 10.2 Å². The molecule has 2 aromatic heterocycles. The lowest BCUT2D eigenvalue weighted by molar-refractivity contribution is 0.0238. The minimum absolute atomic E-state index is 0.0705. The van der Waals surface area contributed by atoms with Crippen LogP contribution in [0.1, 0.15) is 64.8 Å². The topological polar surface area (TPSA) is 81.3 Å². The molecule has 0 radical (unpaired) electrons. The van der Waals surface area contributed by atoms with Crippen LogP contribution in [0.2, 0.25) is 0 Å². The Morgan fingerprint density at radius 2 is 1.97 bits per heavy atom. The monoisotopic (exact) mass is 493 g/mol. The van der Waals surface area contributed by atoms with Crippen LogP contribution < -0.4 is 4.90 Å². The van der Waals surface area contributed by atoms with Crippen LogP contribution in [-0.2, 0) is 17.7 Å². The standard InChI is InChI=1S/C27H39N7O2/c1-7-20(2)24-29-30-25(32-15-14-23(19-32)31(6)26(35)36-27(3,4)5)33(24)16-13-21-17-28-34(18-21)22-11-9-8-10-12-22/h8-12,17-18,20,23H,7,13-16,19H2,1-6H3. The largest absolute Gasteiger partial charge is 0.444 e. The van der Waals surface area contributed by atoms with Crippen molar-refractivity contribution in [3.63, 3.8) is 0 Å². The predicted molar refractivity (Wildman–Crippen MR) is 141 cm³/mol. The first-order valence-corrected chi connectivity index (χ1v) is 12.9. The highest BCUT2D eigenvalue weighted by Crippen LogP contribution is 2.27. The van der Waals surface area contributed by atoms with E-state index in [0.29, 0.717) is 12.5 Å². The molecule has 0 N–H and O–H groups in total. The second kappa shape index (κ2) is 10.7. The van der Waals surface area contributed by atoms with Crippen molar-refractivity contribution in [1.82, 2.24) is 29.4 Å². The number of anilines is 1. The Morgan fingerprint density at radius 3 is 2.67 bits per heavy atom. The lowest BCUT2D eigenvalue weighted by Crippen LogP contribution is -2.42. The van der Waals surface area contributed by atoms with E-state index in [1.165, 1.54) is 0 Å². The Labute approximate surface area is 214 Å². The zero-order valence-electron chi connectivity index (χ0n) is 22.4. The van der Waals surface area contributed by atoms with E-state index in [0.717, 1.165) is 55.4 Å². The lowest BCUT2D eigenvalue weighted by atomic mass is 10.1. The van der Waals surface area contributed by atoms with Crippen LogP contribution in [-0.4, -0.2) is 67.3 Å². The van der Waals surface area contributed by atoms with Gasteiger partial charge in [0.2, 0.25) is 5.95 Å². The summed E-state index contributed by atoms with van der Waals surface area (Å²) in [7, 11) is 1.82. The quantitative estimate of drug-likeness (QED) is 0.454. The highest BCUT2D eigenvalue weighted by atomic mass is 16.6. The fraction of sp³-hybridized carbons (Fsp3) is 0.556. The van der Waals surface area contributed by atoms with Gasteiger partial charge < -0.3 is 14.5 Å². The first-order chi connectivity index (χ1) is 17.2. The molecule has 1 aliphatic heterocycles. The number of carbonyl (C=O) groups excluding carboxylic acids is 1. The van der Waals surface area contributed by atoms with Crippen LogP contribution >= 0.6 is 0 Å². The van der Waals surface area contributed by atoms with E-state index in [1.807, 2.05) is 69.0 Å². The molecule has 36 heavy (non-hydrogen) atoms. The number of amides is 1. The SMILES string of the molecule is CCC(C)c1nnc(N2CCC(N(C)C(=O)OC(C)(C)C)C2)n1CCc1cnn(-c2ccccc2)c1. The van der Waals surface area contributed by atoms with Crippen molar-refractivity contribution in [2.75, 3.05) is 25.0 Å². The maximum Gasteiger partial charge on any atom is 0.410 e. The number of benzene rings is 1. The van der Waals surface area contributed by atoms with Gasteiger partial charge in [0.25, 0.3) is 0 Å². The number of aromatic nitrogens is 5. The normalized spacial score (nSPS) is 16.8. The maximum atomic E-state index is 12.6. The van der Waals surface area contributed by atoms with Gasteiger partial charge in [-0.25, -0.2) is 9.48 Å². The Bertz CT molecular complexity index is 1150. The zero-order chi connectivity index (χ0) is 25.9. The van der Waals surface area contributed by atoms with Crippen molar-refractivity contribution in [2.45, 2.75) is 78.0 Å². The summed E-state index contributed by atoms with van der Waals surface area (Å²) in [5.41, 5.74) is 1.70. The van der Waals surface area contributed by atoms with Gasteiger partial charge in [0.1, 0.15) is 11.4 Å². The Hall–Kier alpha value is -3.36. The van der Waals surface area contributed by atoms with Gasteiger partial charge in [-0.3, -0.25) is 4.57 Å². The minimum atomic E-state index is -0.511. The van der Waals surface area contributed by atoms with Crippen LogP contribution in [0.3, 0.4) is 0 Å². The third kappa shape index (κ3) is 5.88. The van der Waals surface area contributed by atoms with E-state index in [4.69, 9.17) is 4.74 Å². The molecule has 4 rings (SSSR count). The average molecular weight is 494 g/mol. The summed E-state index contributed by atoms with van der Waals surface area (Å²) in [5.74, 6) is 2.19. The molecule has 9 nitrogen and oxygen atoms in total. The Balaban J connectivity index is 1.48. The Kier molecular flexibility index (Phi) is 7.66. The highest BCUT2D eigenvalue weighted by Gasteiger charge is 2.33. The van der Waals surface area contributed by atoms with Gasteiger partial charge in [-0.2, -0.15) is 5.10 Å². The van der Waals surface area contributed by atoms with Crippen molar-refractivity contribution < 1.29 is 9.53 Å². The molecule has 3 aromatic rings. The second-order valence-electron chi connectivity index (χ2n) is 10.7. The number of nitrogens with zero attached hydrogens (tertiary/aromatic N) is 7. The maximum absolute atomic E-state index is 12.6. The van der Waals surface area contributed by atoms with Crippen molar-refractivity contribution in [3.05, 3.63) is 54.1 Å². The van der Waals surface area contributed by atoms with Crippen LogP contribution in [0.15, 0.2) is 42.7 Å². The van der Waals surface area contributed by atoms with Gasteiger partial charge in [-0.05, 0) is 57.7 Å². The smallest absolute Gasteiger partial charge is 0.410 e. The van der Waals surface area contributed by atoms with E-state index in [-0.39, 0.29) is 12.1 Å². The molecule has 1 saturated heterocycles. The first-order valence-electron chi connectivity index (χ1n) is 12.9. The van der Waals surface area contributed by atoms with E-state index < -0.39 is 5.60 Å². The summed E-state index contributed by atoms with van der Waals surface area (Å²) in [6.45, 7) is 12.3. The van der Waals surface area contributed by atoms with Crippen molar-refractivity contribution >= 4 is 12.0 Å². The third-order valence-corrected chi connectivity index (χ3v) is 6.77. The number of carbonyl (C=O) groups is 1. The summed E-state index contributed by atoms with van der Waals surface area (Å²) in [6.07, 6.45) is 6.42. The first kappa shape index (κ1) is 25.7. The van der Waals surface area contributed by atoms with Crippen LogP contribution in [0.5, 0.6) is 0 Å². The van der Waals surface area contributed by atoms with Gasteiger partial charge in [0.15, 0.2) is 0 Å². The van der Waals surface area contributed by atoms with E-state index in [9.17, 15) is 4.79 Å². The summed E-state index contributed by atoms with van der Waals surface area (Å²) >= 11 is 0. The summed E-state index contributed by atoms with van der Waals surface area (Å²) in [6, 6.07) is 10.2. The summed E-state index contributed by atoms with van der Waals surface area (Å²) < 4.78 is 9.74. The fourth-order valence-electron chi connectivity index (χ4n) is 4.48. The number of para-hydroxylation sites is 1. The van der Waals surface area contributed by atoms with Crippen LogP contribution in [0, 0.1) is 0 Å². The molecule has 194 valence electrons. The molecule has 0 aliphatic carbocycles. The van der Waals surface area contributed by atoms with Crippen molar-refractivity contribution in [3.8, 4) is 5.69 Å². The number of hydrogen-bond acceptors (Lipinski definition) is 6. The van der Waals surface area contributed by atoms with Crippen molar-refractivity contribution in [1.29, 1.82) is 0 Å². The number of aryl methyl sites for hydroxylation is 1. The Morgan fingerprint density at radius 1 is 1.22 bits per heavy atom. The number of likely N-dealkylation sites (N-methyl/N-ethyl adjacent to an activating group) is 1. The molecule has 9 heteroatoms.